The Balaban J connectivity index is 1.47. The number of methoxy groups -OCH3 is 1. The molecule has 0 aliphatic carbocycles. The predicted octanol–water partition coefficient (Wildman–Crippen LogP) is -1.28. The van der Waals surface area contributed by atoms with Crippen molar-refractivity contribution >= 4 is 22.9 Å². The van der Waals surface area contributed by atoms with E-state index >= 15 is 0 Å². The fourth-order valence-electron chi connectivity index (χ4n) is 3.74. The summed E-state index contributed by atoms with van der Waals surface area (Å²) < 4.78 is 12.4. The van der Waals surface area contributed by atoms with E-state index in [1.807, 2.05) is 12.1 Å². The Morgan fingerprint density at radius 1 is 1.31 bits per heavy atom. The molecule has 3 aromatic rings. The van der Waals surface area contributed by atoms with Crippen LogP contribution >= 0.6 is 0 Å². The van der Waals surface area contributed by atoms with Crippen molar-refractivity contribution in [3.8, 4) is 5.75 Å². The van der Waals surface area contributed by atoms with Crippen molar-refractivity contribution in [2.24, 2.45) is 5.73 Å². The predicted molar refractivity (Wildman–Crippen MR) is 113 cm³/mol. The maximum absolute atomic E-state index is 12.7. The number of nitrogens with one attached hydrogen (secondary N) is 1. The highest BCUT2D eigenvalue weighted by molar-refractivity contribution is 5.82. The number of fused-ring (bicyclic) bond motifs is 1. The number of hydrogen-bond donors (Lipinski definition) is 5. The molecule has 1 fully saturated rings. The number of ether oxygens (including phenoxy) is 2. The van der Waals surface area contributed by atoms with Crippen LogP contribution in [0.2, 0.25) is 0 Å². The fraction of sp³-hybridized carbons (Fsp3) is 0.400. The summed E-state index contributed by atoms with van der Waals surface area (Å²) in [7, 11) is 1.57. The maximum Gasteiger partial charge on any atom is 0.237 e. The lowest BCUT2D eigenvalue weighted by Gasteiger charge is -2.23. The first kappa shape index (κ1) is 21.9. The molecule has 170 valence electrons. The number of aliphatic hydroxyl groups excluding tert-OH is 2. The Morgan fingerprint density at radius 3 is 2.75 bits per heavy atom. The summed E-state index contributed by atoms with van der Waals surface area (Å²) in [4.78, 5) is 24.9. The van der Waals surface area contributed by atoms with E-state index in [2.05, 4.69) is 20.3 Å². The van der Waals surface area contributed by atoms with Gasteiger partial charge in [0.2, 0.25) is 5.91 Å². The van der Waals surface area contributed by atoms with Crippen LogP contribution in [0.4, 0.5) is 5.82 Å². The highest BCUT2D eigenvalue weighted by Gasteiger charge is 2.46. The summed E-state index contributed by atoms with van der Waals surface area (Å²) in [5, 5.41) is 23.4. The van der Waals surface area contributed by atoms with Crippen LogP contribution in [0.25, 0.3) is 11.2 Å². The number of aromatic nitrogens is 4. The molecule has 0 saturated carbocycles. The SMILES string of the molecule is COc1ccc(C[C@H](N)C(=O)N[C@H]2[C@@H](O)[C@@H](n3cnc4c(N)ncnc43)O[C@H]2CO)cc1. The van der Waals surface area contributed by atoms with E-state index < -0.39 is 43.0 Å². The third kappa shape index (κ3) is 4.08. The van der Waals surface area contributed by atoms with Gasteiger partial charge in [-0.2, -0.15) is 0 Å². The average molecular weight is 443 g/mol. The van der Waals surface area contributed by atoms with Gasteiger partial charge < -0.3 is 36.5 Å². The molecule has 12 nitrogen and oxygen atoms in total. The zero-order valence-corrected chi connectivity index (χ0v) is 17.3. The molecule has 0 radical (unpaired) electrons. The lowest BCUT2D eigenvalue weighted by molar-refractivity contribution is -0.124. The maximum atomic E-state index is 12.7. The van der Waals surface area contributed by atoms with Crippen LogP contribution in [0.3, 0.4) is 0 Å². The average Bonchev–Trinajstić information content (AvgIpc) is 3.36. The zero-order valence-electron chi connectivity index (χ0n) is 17.3. The van der Waals surface area contributed by atoms with Crippen LogP contribution < -0.4 is 21.5 Å². The third-order valence-electron chi connectivity index (χ3n) is 5.48. The lowest BCUT2D eigenvalue weighted by atomic mass is 10.0. The van der Waals surface area contributed by atoms with Crippen LogP contribution in [0.5, 0.6) is 5.75 Å². The fourth-order valence-corrected chi connectivity index (χ4v) is 3.74. The van der Waals surface area contributed by atoms with Gasteiger partial charge in [-0.3, -0.25) is 9.36 Å². The normalized spacial score (nSPS) is 23.9. The second-order valence-corrected chi connectivity index (χ2v) is 7.51. The van der Waals surface area contributed by atoms with Gasteiger partial charge in [0.15, 0.2) is 17.7 Å². The molecule has 12 heteroatoms. The summed E-state index contributed by atoms with van der Waals surface area (Å²) in [5.41, 5.74) is 13.5. The number of benzene rings is 1. The number of aliphatic hydroxyl groups is 2. The van der Waals surface area contributed by atoms with Gasteiger partial charge in [0, 0.05) is 0 Å². The van der Waals surface area contributed by atoms with E-state index in [-0.39, 0.29) is 12.2 Å². The van der Waals surface area contributed by atoms with E-state index in [4.69, 9.17) is 20.9 Å². The molecule has 7 N–H and O–H groups in total. The Morgan fingerprint density at radius 2 is 2.06 bits per heavy atom. The van der Waals surface area contributed by atoms with Crippen molar-refractivity contribution in [2.75, 3.05) is 19.5 Å². The summed E-state index contributed by atoms with van der Waals surface area (Å²) in [5.74, 6) is 0.415. The van der Waals surface area contributed by atoms with Gasteiger partial charge in [0.25, 0.3) is 0 Å². The second-order valence-electron chi connectivity index (χ2n) is 7.51. The van der Waals surface area contributed by atoms with Crippen molar-refractivity contribution in [1.29, 1.82) is 0 Å². The minimum atomic E-state index is -1.20. The van der Waals surface area contributed by atoms with Crippen LogP contribution in [-0.2, 0) is 16.0 Å². The first-order chi connectivity index (χ1) is 15.4. The first-order valence-electron chi connectivity index (χ1n) is 9.99. The summed E-state index contributed by atoms with van der Waals surface area (Å²) in [6.45, 7) is -0.421. The van der Waals surface area contributed by atoms with Gasteiger partial charge in [-0.1, -0.05) is 12.1 Å². The molecule has 5 atom stereocenters. The van der Waals surface area contributed by atoms with Gasteiger partial charge >= 0.3 is 0 Å². The molecule has 1 aliphatic heterocycles. The molecule has 0 spiro atoms. The highest BCUT2D eigenvalue weighted by Crippen LogP contribution is 2.32. The number of imidazole rings is 1. The van der Waals surface area contributed by atoms with Crippen LogP contribution in [0.15, 0.2) is 36.9 Å². The Labute approximate surface area is 183 Å². The molecule has 2 aromatic heterocycles. The number of nitrogen functional groups attached to an aromatic ring is 1. The monoisotopic (exact) mass is 443 g/mol. The van der Waals surface area contributed by atoms with Crippen molar-refractivity contribution < 1.29 is 24.5 Å². The number of carbonyl (C=O) groups excluding carboxylic acids is 1. The molecule has 1 aliphatic rings. The molecule has 0 bridgehead atoms. The number of anilines is 1. The Bertz CT molecular complexity index is 1090. The number of amides is 1. The van der Waals surface area contributed by atoms with Crippen molar-refractivity contribution in [2.45, 2.75) is 36.9 Å². The van der Waals surface area contributed by atoms with E-state index in [9.17, 15) is 15.0 Å². The number of carbonyl (C=O) groups is 1. The van der Waals surface area contributed by atoms with Gasteiger partial charge in [0.1, 0.15) is 29.8 Å². The molecule has 1 saturated heterocycles. The minimum absolute atomic E-state index is 0.189. The van der Waals surface area contributed by atoms with Gasteiger partial charge in [-0.15, -0.1) is 0 Å². The molecular formula is C20H25N7O5. The number of nitrogens with zero attached hydrogens (tertiary/aromatic N) is 4. The molecule has 4 rings (SSSR count). The summed E-state index contributed by atoms with van der Waals surface area (Å²) in [6, 6.07) is 5.46. The zero-order chi connectivity index (χ0) is 22.8. The summed E-state index contributed by atoms with van der Waals surface area (Å²) in [6.07, 6.45) is -0.0265. The van der Waals surface area contributed by atoms with Crippen molar-refractivity contribution in [1.82, 2.24) is 24.8 Å². The molecule has 1 amide bonds. The third-order valence-corrected chi connectivity index (χ3v) is 5.48. The smallest absolute Gasteiger partial charge is 0.237 e. The molecule has 3 heterocycles. The van der Waals surface area contributed by atoms with Crippen LogP contribution in [0, 0.1) is 0 Å². The number of nitrogens with two attached hydrogens (primary N) is 2. The first-order valence-corrected chi connectivity index (χ1v) is 9.99. The van der Waals surface area contributed by atoms with Crippen molar-refractivity contribution in [3.05, 3.63) is 42.5 Å². The lowest BCUT2D eigenvalue weighted by Crippen LogP contribution is -2.53. The topological polar surface area (TPSA) is 184 Å². The van der Waals surface area contributed by atoms with E-state index in [1.165, 1.54) is 17.2 Å². The number of hydrogen-bond acceptors (Lipinski definition) is 10. The van der Waals surface area contributed by atoms with E-state index in [0.717, 1.165) is 5.56 Å². The molecular weight excluding hydrogens is 418 g/mol. The molecule has 32 heavy (non-hydrogen) atoms. The second kappa shape index (κ2) is 9.04. The summed E-state index contributed by atoms with van der Waals surface area (Å²) >= 11 is 0. The highest BCUT2D eigenvalue weighted by atomic mass is 16.5. The van der Waals surface area contributed by atoms with Gasteiger partial charge in [-0.25, -0.2) is 15.0 Å². The molecule has 0 unspecified atom stereocenters. The minimum Gasteiger partial charge on any atom is -0.497 e. The van der Waals surface area contributed by atoms with Gasteiger partial charge in [0.05, 0.1) is 32.1 Å². The van der Waals surface area contributed by atoms with Gasteiger partial charge in [-0.05, 0) is 24.1 Å². The quantitative estimate of drug-likeness (QED) is 0.295. The van der Waals surface area contributed by atoms with Crippen LogP contribution in [-0.4, -0.2) is 73.6 Å². The van der Waals surface area contributed by atoms with Crippen molar-refractivity contribution in [3.63, 3.8) is 0 Å². The van der Waals surface area contributed by atoms with E-state index in [1.54, 1.807) is 19.2 Å². The Hall–Kier alpha value is -3.32. The molecule has 1 aromatic carbocycles. The number of rotatable bonds is 7. The van der Waals surface area contributed by atoms with Crippen LogP contribution in [0.1, 0.15) is 11.8 Å². The Kier molecular flexibility index (Phi) is 6.19. The standard InChI is InChI=1S/C20H25N7O5/c1-31-11-4-2-10(3-5-11)6-12(21)19(30)26-14-13(7-28)32-20(16(14)29)27-9-25-15-17(22)23-8-24-18(15)27/h2-5,8-9,12-14,16,20,28-29H,6-7,21H2,1H3,(H,26,30)(H2,22,23,24)/t12-,13-,14+,16+,20-/m0/s1. The van der Waals surface area contributed by atoms with E-state index in [0.29, 0.717) is 16.9 Å². The largest absolute Gasteiger partial charge is 0.497 e.